The minimum Gasteiger partial charge on any atom is -0.393 e. The molecule has 0 aromatic carbocycles. The first-order valence-electron chi connectivity index (χ1n) is 7.67. The molecule has 1 fully saturated rings. The van der Waals surface area contributed by atoms with Gasteiger partial charge in [0.1, 0.15) is 0 Å². The van der Waals surface area contributed by atoms with E-state index in [1.54, 1.807) is 0 Å². The fraction of sp³-hybridized carbons (Fsp3) is 1.00. The van der Waals surface area contributed by atoms with E-state index in [1.807, 2.05) is 0 Å². The third kappa shape index (κ3) is 5.90. The van der Waals surface area contributed by atoms with Crippen molar-refractivity contribution in [3.8, 4) is 0 Å². The third-order valence-corrected chi connectivity index (χ3v) is 4.39. The van der Waals surface area contributed by atoms with Gasteiger partial charge in [-0.1, -0.05) is 47.0 Å². The Labute approximate surface area is 108 Å². The predicted octanol–water partition coefficient (Wildman–Crippen LogP) is 4.64. The summed E-state index contributed by atoms with van der Waals surface area (Å²) in [5.41, 5.74) is 0. The van der Waals surface area contributed by atoms with Crippen LogP contribution >= 0.6 is 0 Å². The van der Waals surface area contributed by atoms with E-state index in [9.17, 15) is 5.11 Å². The van der Waals surface area contributed by atoms with E-state index in [2.05, 4.69) is 27.7 Å². The van der Waals surface area contributed by atoms with Crippen molar-refractivity contribution in [2.75, 3.05) is 0 Å². The van der Waals surface area contributed by atoms with Gasteiger partial charge < -0.3 is 5.11 Å². The Hall–Kier alpha value is -0.0400. The maximum absolute atomic E-state index is 10.0. The summed E-state index contributed by atoms with van der Waals surface area (Å²) >= 11 is 0. The highest BCUT2D eigenvalue weighted by Crippen LogP contribution is 2.34. The standard InChI is InChI=1S/C16H32O/c1-12(2)6-5-7-13(3)10-15-11-14(4)8-9-16(15)17/h12-17H,5-11H2,1-4H3. The molecule has 0 heterocycles. The minimum absolute atomic E-state index is 0.0150. The molecule has 1 heteroatoms. The third-order valence-electron chi connectivity index (χ3n) is 4.39. The van der Waals surface area contributed by atoms with Crippen molar-refractivity contribution in [2.24, 2.45) is 23.7 Å². The predicted molar refractivity (Wildman–Crippen MR) is 75.0 cm³/mol. The minimum atomic E-state index is -0.0150. The van der Waals surface area contributed by atoms with Gasteiger partial charge in [0, 0.05) is 0 Å². The maximum Gasteiger partial charge on any atom is 0.0568 e. The molecular weight excluding hydrogens is 208 g/mol. The Morgan fingerprint density at radius 3 is 2.47 bits per heavy atom. The van der Waals surface area contributed by atoms with Crippen LogP contribution in [0.3, 0.4) is 0 Å². The van der Waals surface area contributed by atoms with Crippen molar-refractivity contribution in [1.82, 2.24) is 0 Å². The van der Waals surface area contributed by atoms with E-state index in [0.29, 0.717) is 5.92 Å². The zero-order valence-corrected chi connectivity index (χ0v) is 12.3. The van der Waals surface area contributed by atoms with Gasteiger partial charge in [-0.25, -0.2) is 0 Å². The molecule has 4 unspecified atom stereocenters. The zero-order valence-electron chi connectivity index (χ0n) is 12.3. The summed E-state index contributed by atoms with van der Waals surface area (Å²) in [6.07, 6.45) is 8.78. The Kier molecular flexibility index (Phi) is 6.54. The Balaban J connectivity index is 2.22. The summed E-state index contributed by atoms with van der Waals surface area (Å²) in [7, 11) is 0. The first-order valence-corrected chi connectivity index (χ1v) is 7.67. The van der Waals surface area contributed by atoms with E-state index >= 15 is 0 Å². The number of aliphatic hydroxyl groups is 1. The molecule has 17 heavy (non-hydrogen) atoms. The fourth-order valence-electron chi connectivity index (χ4n) is 3.25. The van der Waals surface area contributed by atoms with Crippen LogP contribution in [0.2, 0.25) is 0 Å². The summed E-state index contributed by atoms with van der Waals surface area (Å²) in [6.45, 7) is 9.31. The van der Waals surface area contributed by atoms with Gasteiger partial charge >= 0.3 is 0 Å². The first-order chi connectivity index (χ1) is 7.99. The molecule has 1 N–H and O–H groups in total. The smallest absolute Gasteiger partial charge is 0.0568 e. The van der Waals surface area contributed by atoms with Crippen LogP contribution in [0, 0.1) is 23.7 Å². The van der Waals surface area contributed by atoms with E-state index in [1.165, 1.54) is 38.5 Å². The summed E-state index contributed by atoms with van der Waals surface area (Å²) in [6, 6.07) is 0. The Bertz CT molecular complexity index is 200. The molecule has 102 valence electrons. The van der Waals surface area contributed by atoms with Crippen molar-refractivity contribution < 1.29 is 5.11 Å². The molecule has 0 radical (unpaired) electrons. The van der Waals surface area contributed by atoms with Crippen LogP contribution in [0.25, 0.3) is 0 Å². The second-order valence-corrected chi connectivity index (χ2v) is 6.91. The first kappa shape index (κ1) is 15.0. The Morgan fingerprint density at radius 2 is 1.82 bits per heavy atom. The van der Waals surface area contributed by atoms with Crippen molar-refractivity contribution in [1.29, 1.82) is 0 Å². The van der Waals surface area contributed by atoms with Gasteiger partial charge in [-0.05, 0) is 49.4 Å². The summed E-state index contributed by atoms with van der Waals surface area (Å²) in [4.78, 5) is 0. The van der Waals surface area contributed by atoms with Crippen molar-refractivity contribution >= 4 is 0 Å². The van der Waals surface area contributed by atoms with Gasteiger partial charge in [0.25, 0.3) is 0 Å². The quantitative estimate of drug-likeness (QED) is 0.717. The largest absolute Gasteiger partial charge is 0.393 e. The molecule has 4 atom stereocenters. The highest BCUT2D eigenvalue weighted by molar-refractivity contribution is 4.79. The molecule has 0 amide bonds. The number of rotatable bonds is 6. The van der Waals surface area contributed by atoms with Crippen LogP contribution < -0.4 is 0 Å². The lowest BCUT2D eigenvalue weighted by Crippen LogP contribution is -2.29. The van der Waals surface area contributed by atoms with E-state index in [0.717, 1.165) is 24.2 Å². The van der Waals surface area contributed by atoms with Crippen molar-refractivity contribution in [3.05, 3.63) is 0 Å². The van der Waals surface area contributed by atoms with E-state index in [4.69, 9.17) is 0 Å². The summed E-state index contributed by atoms with van der Waals surface area (Å²) in [5, 5.41) is 10.0. The van der Waals surface area contributed by atoms with Gasteiger partial charge in [-0.15, -0.1) is 0 Å². The molecule has 0 bridgehead atoms. The second kappa shape index (κ2) is 7.41. The molecule has 1 aliphatic rings. The molecular formula is C16H32O. The van der Waals surface area contributed by atoms with Crippen LogP contribution in [0.15, 0.2) is 0 Å². The number of hydrogen-bond acceptors (Lipinski definition) is 1. The van der Waals surface area contributed by atoms with Crippen LogP contribution in [0.4, 0.5) is 0 Å². The lowest BCUT2D eigenvalue weighted by atomic mass is 9.76. The molecule has 1 saturated carbocycles. The van der Waals surface area contributed by atoms with Crippen LogP contribution in [-0.4, -0.2) is 11.2 Å². The van der Waals surface area contributed by atoms with Gasteiger partial charge in [-0.2, -0.15) is 0 Å². The van der Waals surface area contributed by atoms with Gasteiger partial charge in [0.2, 0.25) is 0 Å². The van der Waals surface area contributed by atoms with E-state index in [-0.39, 0.29) is 6.10 Å². The van der Waals surface area contributed by atoms with Crippen LogP contribution in [0.5, 0.6) is 0 Å². The SMILES string of the molecule is CC(C)CCCC(C)CC1CC(C)CCC1O. The highest BCUT2D eigenvalue weighted by atomic mass is 16.3. The molecule has 0 aromatic heterocycles. The summed E-state index contributed by atoms with van der Waals surface area (Å²) < 4.78 is 0. The van der Waals surface area contributed by atoms with Gasteiger partial charge in [-0.3, -0.25) is 0 Å². The fourth-order valence-corrected chi connectivity index (χ4v) is 3.25. The average Bonchev–Trinajstić information content (AvgIpc) is 2.23. The van der Waals surface area contributed by atoms with Crippen LogP contribution in [-0.2, 0) is 0 Å². The summed E-state index contributed by atoms with van der Waals surface area (Å²) in [5.74, 6) is 3.03. The lowest BCUT2D eigenvalue weighted by molar-refractivity contribution is 0.0391. The molecule has 1 rings (SSSR count). The second-order valence-electron chi connectivity index (χ2n) is 6.91. The van der Waals surface area contributed by atoms with Crippen molar-refractivity contribution in [2.45, 2.75) is 78.7 Å². The van der Waals surface area contributed by atoms with E-state index < -0.39 is 0 Å². The van der Waals surface area contributed by atoms with Gasteiger partial charge in [0.05, 0.1) is 6.10 Å². The van der Waals surface area contributed by atoms with Crippen LogP contribution in [0.1, 0.15) is 72.6 Å². The highest BCUT2D eigenvalue weighted by Gasteiger charge is 2.27. The molecule has 1 nitrogen and oxygen atoms in total. The molecule has 0 aliphatic heterocycles. The topological polar surface area (TPSA) is 20.2 Å². The normalized spacial score (nSPS) is 31.8. The Morgan fingerprint density at radius 1 is 1.12 bits per heavy atom. The molecule has 0 saturated heterocycles. The zero-order chi connectivity index (χ0) is 12.8. The van der Waals surface area contributed by atoms with Crippen molar-refractivity contribution in [3.63, 3.8) is 0 Å². The molecule has 1 aliphatic carbocycles. The number of hydrogen-bond donors (Lipinski definition) is 1. The maximum atomic E-state index is 10.0. The monoisotopic (exact) mass is 240 g/mol. The van der Waals surface area contributed by atoms with Gasteiger partial charge in [0.15, 0.2) is 0 Å². The molecule has 0 aromatic rings. The lowest BCUT2D eigenvalue weighted by Gasteiger charge is -2.33. The molecule has 0 spiro atoms. The number of aliphatic hydroxyl groups excluding tert-OH is 1. The average molecular weight is 240 g/mol.